The molecule has 0 aliphatic heterocycles. The number of halogens is 2. The molecule has 0 fully saturated rings. The largest absolute Gasteiger partial charge is 0.335 e. The number of carbonyl (C=O) groups excluding carboxylic acids is 1. The Balaban J connectivity index is 1.79. The van der Waals surface area contributed by atoms with E-state index in [1.807, 2.05) is 31.2 Å². The van der Waals surface area contributed by atoms with Gasteiger partial charge in [0.05, 0.1) is 21.6 Å². The molecule has 0 spiro atoms. The Labute approximate surface area is 153 Å². The quantitative estimate of drug-likeness (QED) is 0.670. The van der Waals surface area contributed by atoms with Gasteiger partial charge >= 0.3 is 0 Å². The van der Waals surface area contributed by atoms with E-state index in [1.165, 1.54) is 17.7 Å². The van der Waals surface area contributed by atoms with E-state index in [1.54, 1.807) is 29.0 Å². The van der Waals surface area contributed by atoms with E-state index in [-0.39, 0.29) is 11.9 Å². The Morgan fingerprint density at radius 1 is 1.29 bits per heavy atom. The molecule has 0 saturated heterocycles. The third-order valence-electron chi connectivity index (χ3n) is 3.85. The minimum atomic E-state index is -0.156. The van der Waals surface area contributed by atoms with Gasteiger partial charge in [-0.15, -0.1) is 11.3 Å². The zero-order chi connectivity index (χ0) is 17.3. The van der Waals surface area contributed by atoms with Gasteiger partial charge in [0.1, 0.15) is 17.0 Å². The van der Waals surface area contributed by atoms with Crippen molar-refractivity contribution in [2.75, 3.05) is 7.05 Å². The van der Waals surface area contributed by atoms with Crippen LogP contribution in [0.5, 0.6) is 0 Å². The standard InChI is InChI=1S/C16H14Cl2N4OS/c1-10(21(2)16(23)13-7-14(17)24-15(13)18)11-3-5-12(6-4-11)22-9-19-8-20-22/h3-10H,1-2H3. The fraction of sp³-hybridized carbons (Fsp3) is 0.188. The second kappa shape index (κ2) is 6.93. The van der Waals surface area contributed by atoms with E-state index in [2.05, 4.69) is 10.1 Å². The van der Waals surface area contributed by atoms with Crippen LogP contribution < -0.4 is 0 Å². The van der Waals surface area contributed by atoms with Crippen LogP contribution in [0.4, 0.5) is 0 Å². The van der Waals surface area contributed by atoms with Gasteiger partial charge in [-0.1, -0.05) is 35.3 Å². The second-order valence-corrected chi connectivity index (χ2v) is 7.55. The summed E-state index contributed by atoms with van der Waals surface area (Å²) < 4.78 is 2.59. The first-order chi connectivity index (χ1) is 11.5. The smallest absolute Gasteiger partial charge is 0.256 e. The van der Waals surface area contributed by atoms with Crippen LogP contribution in [0.3, 0.4) is 0 Å². The van der Waals surface area contributed by atoms with E-state index in [0.717, 1.165) is 11.3 Å². The van der Waals surface area contributed by atoms with Gasteiger partial charge in [0.15, 0.2) is 0 Å². The van der Waals surface area contributed by atoms with Crippen molar-refractivity contribution in [1.82, 2.24) is 19.7 Å². The van der Waals surface area contributed by atoms with Gasteiger partial charge in [0.2, 0.25) is 0 Å². The average molecular weight is 381 g/mol. The van der Waals surface area contributed by atoms with Crippen LogP contribution in [0.25, 0.3) is 5.69 Å². The van der Waals surface area contributed by atoms with Crippen molar-refractivity contribution < 1.29 is 4.79 Å². The lowest BCUT2D eigenvalue weighted by atomic mass is 10.1. The lowest BCUT2D eigenvalue weighted by molar-refractivity contribution is 0.0743. The molecule has 0 saturated carbocycles. The Kier molecular flexibility index (Phi) is 4.89. The zero-order valence-electron chi connectivity index (χ0n) is 13.0. The summed E-state index contributed by atoms with van der Waals surface area (Å²) in [7, 11) is 1.75. The summed E-state index contributed by atoms with van der Waals surface area (Å²) in [6.07, 6.45) is 3.12. The Morgan fingerprint density at radius 3 is 2.54 bits per heavy atom. The lowest BCUT2D eigenvalue weighted by Crippen LogP contribution is -2.29. The molecule has 0 bridgehead atoms. The summed E-state index contributed by atoms with van der Waals surface area (Å²) >= 11 is 13.2. The van der Waals surface area contributed by atoms with Crippen LogP contribution >= 0.6 is 34.5 Å². The highest BCUT2D eigenvalue weighted by Gasteiger charge is 2.22. The monoisotopic (exact) mass is 380 g/mol. The molecule has 2 heterocycles. The summed E-state index contributed by atoms with van der Waals surface area (Å²) in [6.45, 7) is 1.96. The van der Waals surface area contributed by atoms with Crippen molar-refractivity contribution in [3.8, 4) is 5.69 Å². The summed E-state index contributed by atoms with van der Waals surface area (Å²) in [5.74, 6) is -0.156. The van der Waals surface area contributed by atoms with E-state index >= 15 is 0 Å². The van der Waals surface area contributed by atoms with Crippen LogP contribution in [0.1, 0.15) is 28.9 Å². The van der Waals surface area contributed by atoms with Crippen LogP contribution in [0.2, 0.25) is 8.67 Å². The molecule has 1 unspecified atom stereocenters. The number of carbonyl (C=O) groups is 1. The predicted molar refractivity (Wildman–Crippen MR) is 96.2 cm³/mol. The molecule has 0 N–H and O–H groups in total. The van der Waals surface area contributed by atoms with Gasteiger partial charge in [-0.3, -0.25) is 4.79 Å². The average Bonchev–Trinajstić information content (AvgIpc) is 3.22. The fourth-order valence-corrected chi connectivity index (χ4v) is 3.77. The van der Waals surface area contributed by atoms with Gasteiger partial charge in [0.25, 0.3) is 5.91 Å². The number of rotatable bonds is 4. The number of hydrogen-bond donors (Lipinski definition) is 0. The first kappa shape index (κ1) is 17.0. The third kappa shape index (κ3) is 3.31. The van der Waals surface area contributed by atoms with Crippen molar-refractivity contribution in [1.29, 1.82) is 0 Å². The Hall–Kier alpha value is -1.89. The Morgan fingerprint density at radius 2 is 2.00 bits per heavy atom. The maximum atomic E-state index is 12.6. The van der Waals surface area contributed by atoms with Gasteiger partial charge < -0.3 is 4.90 Å². The lowest BCUT2D eigenvalue weighted by Gasteiger charge is -2.25. The fourth-order valence-electron chi connectivity index (χ4n) is 2.32. The van der Waals surface area contributed by atoms with Gasteiger partial charge in [0, 0.05) is 7.05 Å². The summed E-state index contributed by atoms with van der Waals surface area (Å²) in [5.41, 5.74) is 2.34. The van der Waals surface area contributed by atoms with Crippen molar-refractivity contribution in [3.05, 3.63) is 62.8 Å². The van der Waals surface area contributed by atoms with E-state index in [9.17, 15) is 4.79 Å². The normalized spacial score (nSPS) is 12.2. The number of thiophene rings is 1. The highest BCUT2D eigenvalue weighted by molar-refractivity contribution is 7.20. The molecule has 1 aromatic carbocycles. The zero-order valence-corrected chi connectivity index (χ0v) is 15.3. The molecule has 2 aromatic heterocycles. The first-order valence-electron chi connectivity index (χ1n) is 7.14. The first-order valence-corrected chi connectivity index (χ1v) is 8.71. The Bertz CT molecular complexity index is 846. The summed E-state index contributed by atoms with van der Waals surface area (Å²) in [4.78, 5) is 18.2. The van der Waals surface area contributed by atoms with Gasteiger partial charge in [-0.25, -0.2) is 9.67 Å². The molecule has 3 rings (SSSR count). The van der Waals surface area contributed by atoms with Crippen LogP contribution in [-0.4, -0.2) is 32.6 Å². The summed E-state index contributed by atoms with van der Waals surface area (Å²) in [5, 5.41) is 4.09. The topological polar surface area (TPSA) is 51.0 Å². The highest BCUT2D eigenvalue weighted by atomic mass is 35.5. The molecule has 1 amide bonds. The number of aromatic nitrogens is 3. The molecule has 0 aliphatic carbocycles. The molecular weight excluding hydrogens is 367 g/mol. The van der Waals surface area contributed by atoms with Gasteiger partial charge in [-0.2, -0.15) is 5.10 Å². The molecule has 0 radical (unpaired) electrons. The number of hydrogen-bond acceptors (Lipinski definition) is 4. The maximum Gasteiger partial charge on any atom is 0.256 e. The van der Waals surface area contributed by atoms with Gasteiger partial charge in [-0.05, 0) is 30.7 Å². The molecule has 124 valence electrons. The highest BCUT2D eigenvalue weighted by Crippen LogP contribution is 2.33. The molecular formula is C16H14Cl2N4OS. The van der Waals surface area contributed by atoms with E-state index in [4.69, 9.17) is 23.2 Å². The predicted octanol–water partition coefficient (Wildman–Crippen LogP) is 4.47. The minimum absolute atomic E-state index is 0.114. The van der Waals surface area contributed by atoms with Crippen molar-refractivity contribution in [3.63, 3.8) is 0 Å². The number of benzene rings is 1. The van der Waals surface area contributed by atoms with Crippen LogP contribution in [0, 0.1) is 0 Å². The summed E-state index contributed by atoms with van der Waals surface area (Å²) in [6, 6.07) is 9.30. The van der Waals surface area contributed by atoms with Crippen molar-refractivity contribution in [2.45, 2.75) is 13.0 Å². The number of nitrogens with zero attached hydrogens (tertiary/aromatic N) is 4. The molecule has 0 aliphatic rings. The van der Waals surface area contributed by atoms with Crippen LogP contribution in [0.15, 0.2) is 43.0 Å². The number of amides is 1. The molecule has 1 atom stereocenters. The molecule has 8 heteroatoms. The van der Waals surface area contributed by atoms with Crippen LogP contribution in [-0.2, 0) is 0 Å². The molecule has 24 heavy (non-hydrogen) atoms. The SMILES string of the molecule is CC(c1ccc(-n2cncn2)cc1)N(C)C(=O)c1cc(Cl)sc1Cl. The van der Waals surface area contributed by atoms with E-state index in [0.29, 0.717) is 14.2 Å². The molecule has 3 aromatic rings. The minimum Gasteiger partial charge on any atom is -0.335 e. The van der Waals surface area contributed by atoms with Crippen molar-refractivity contribution >= 4 is 40.4 Å². The maximum absolute atomic E-state index is 12.6. The van der Waals surface area contributed by atoms with E-state index < -0.39 is 0 Å². The molecule has 5 nitrogen and oxygen atoms in total. The second-order valence-electron chi connectivity index (χ2n) is 5.26. The van der Waals surface area contributed by atoms with Crippen molar-refractivity contribution in [2.24, 2.45) is 0 Å². The third-order valence-corrected chi connectivity index (χ3v) is 5.33.